The molecule has 0 atom stereocenters. The van der Waals surface area contributed by atoms with Crippen molar-refractivity contribution in [1.29, 1.82) is 0 Å². The predicted octanol–water partition coefficient (Wildman–Crippen LogP) is 5.29. The second-order valence-corrected chi connectivity index (χ2v) is 10.4. The van der Waals surface area contributed by atoms with Crippen molar-refractivity contribution in [2.24, 2.45) is 5.92 Å². The van der Waals surface area contributed by atoms with Crippen LogP contribution >= 0.6 is 11.6 Å². The lowest BCUT2D eigenvalue weighted by Gasteiger charge is -2.31. The summed E-state index contributed by atoms with van der Waals surface area (Å²) in [4.78, 5) is 24.3. The van der Waals surface area contributed by atoms with E-state index in [1.165, 1.54) is 0 Å². The van der Waals surface area contributed by atoms with Gasteiger partial charge in [0, 0.05) is 37.1 Å². The minimum atomic E-state index is -0.968. The highest BCUT2D eigenvalue weighted by atomic mass is 35.5. The van der Waals surface area contributed by atoms with Gasteiger partial charge < -0.3 is 20.3 Å². The zero-order valence-corrected chi connectivity index (χ0v) is 21.6. The molecule has 2 N–H and O–H groups in total. The smallest absolute Gasteiger partial charge is 0.263 e. The van der Waals surface area contributed by atoms with Crippen molar-refractivity contribution in [1.82, 2.24) is 15.3 Å². The van der Waals surface area contributed by atoms with Crippen LogP contribution in [-0.4, -0.2) is 48.2 Å². The van der Waals surface area contributed by atoms with Crippen molar-refractivity contribution in [3.8, 4) is 5.75 Å². The van der Waals surface area contributed by atoms with Crippen LogP contribution in [0.15, 0.2) is 48.5 Å². The highest BCUT2D eigenvalue weighted by molar-refractivity contribution is 6.30. The molecule has 2 aromatic carbocycles. The topological polar surface area (TPSA) is 79.4 Å². The van der Waals surface area contributed by atoms with Gasteiger partial charge in [-0.2, -0.15) is 4.98 Å². The Morgan fingerprint density at radius 2 is 1.74 bits per heavy atom. The fourth-order valence-corrected chi connectivity index (χ4v) is 4.58. The molecule has 186 valence electrons. The number of hydrogen-bond acceptors (Lipinski definition) is 6. The summed E-state index contributed by atoms with van der Waals surface area (Å²) < 4.78 is 5.90. The second-order valence-electron chi connectivity index (χ2n) is 9.92. The van der Waals surface area contributed by atoms with Crippen molar-refractivity contribution in [3.63, 3.8) is 0 Å². The molecule has 1 saturated carbocycles. The average molecular weight is 496 g/mol. The molecule has 4 rings (SSSR count). The molecular weight excluding hydrogens is 462 g/mol. The van der Waals surface area contributed by atoms with E-state index in [2.05, 4.69) is 16.7 Å². The maximum Gasteiger partial charge on any atom is 0.263 e. The molecular formula is C27H34ClN5O2. The molecule has 1 aliphatic carbocycles. The number of benzene rings is 2. The Morgan fingerprint density at radius 1 is 1.06 bits per heavy atom. The number of para-hydroxylation sites is 1. The lowest BCUT2D eigenvalue weighted by atomic mass is 9.86. The van der Waals surface area contributed by atoms with Crippen molar-refractivity contribution in [2.45, 2.75) is 51.2 Å². The third kappa shape index (κ3) is 6.34. The van der Waals surface area contributed by atoms with E-state index < -0.39 is 5.60 Å². The van der Waals surface area contributed by atoms with Crippen molar-refractivity contribution >= 4 is 40.2 Å². The first-order valence-corrected chi connectivity index (χ1v) is 12.5. The van der Waals surface area contributed by atoms with Gasteiger partial charge in [-0.15, -0.1) is 0 Å². The first kappa shape index (κ1) is 25.0. The van der Waals surface area contributed by atoms with E-state index in [-0.39, 0.29) is 5.91 Å². The zero-order chi connectivity index (χ0) is 25.0. The van der Waals surface area contributed by atoms with E-state index in [1.807, 2.05) is 37.2 Å². The number of carbonyl (C=O) groups excluding carboxylic acids is 1. The zero-order valence-electron chi connectivity index (χ0n) is 20.8. The Balaban J connectivity index is 1.27. The predicted molar refractivity (Wildman–Crippen MR) is 142 cm³/mol. The molecule has 0 spiro atoms. The standard InChI is InChI=1S/C27H34ClN5O2/c1-27(2,35-21-15-11-19(28)12-16-21)25(34)29-17-18-9-13-20(14-10-18)30-26-31-23-8-6-5-7-22(23)24(32-26)33(3)4/h5-8,11-12,15-16,18,20H,9-10,13-14,17H2,1-4H3,(H,29,34)(H,30,31,32). The van der Waals surface area contributed by atoms with Crippen LogP contribution in [0.1, 0.15) is 39.5 Å². The summed E-state index contributed by atoms with van der Waals surface area (Å²) in [6.45, 7) is 4.21. The number of aromatic nitrogens is 2. The number of nitrogens with zero attached hydrogens (tertiary/aromatic N) is 3. The quantitative estimate of drug-likeness (QED) is 0.442. The number of ether oxygens (including phenoxy) is 1. The van der Waals surface area contributed by atoms with Crippen molar-refractivity contribution in [2.75, 3.05) is 30.9 Å². The molecule has 1 amide bonds. The van der Waals surface area contributed by atoms with Crippen LogP contribution in [0, 0.1) is 5.92 Å². The molecule has 1 heterocycles. The summed E-state index contributed by atoms with van der Waals surface area (Å²) in [5.41, 5.74) is -0.0296. The number of carbonyl (C=O) groups is 1. The number of nitrogens with one attached hydrogen (secondary N) is 2. The minimum Gasteiger partial charge on any atom is -0.478 e. The number of amides is 1. The Bertz CT molecular complexity index is 1160. The Morgan fingerprint density at radius 3 is 2.43 bits per heavy atom. The van der Waals surface area contributed by atoms with Gasteiger partial charge in [-0.25, -0.2) is 4.98 Å². The summed E-state index contributed by atoms with van der Waals surface area (Å²) in [5.74, 6) is 2.53. The van der Waals surface area contributed by atoms with Crippen molar-refractivity contribution in [3.05, 3.63) is 53.6 Å². The maximum absolute atomic E-state index is 12.8. The van der Waals surface area contributed by atoms with E-state index in [4.69, 9.17) is 26.3 Å². The fraction of sp³-hybridized carbons (Fsp3) is 0.444. The lowest BCUT2D eigenvalue weighted by molar-refractivity contribution is -0.134. The Kier molecular flexibility index (Phi) is 7.65. The molecule has 0 aliphatic heterocycles. The summed E-state index contributed by atoms with van der Waals surface area (Å²) in [5, 5.41) is 8.31. The largest absolute Gasteiger partial charge is 0.478 e. The molecule has 1 aliphatic rings. The monoisotopic (exact) mass is 495 g/mol. The van der Waals surface area contributed by atoms with Gasteiger partial charge in [0.1, 0.15) is 11.6 Å². The molecule has 0 unspecified atom stereocenters. The highest BCUT2D eigenvalue weighted by Crippen LogP contribution is 2.28. The average Bonchev–Trinajstić information content (AvgIpc) is 2.84. The van der Waals surface area contributed by atoms with Gasteiger partial charge in [0.2, 0.25) is 5.95 Å². The molecule has 0 radical (unpaired) electrons. The van der Waals surface area contributed by atoms with Gasteiger partial charge in [0.15, 0.2) is 5.60 Å². The summed E-state index contributed by atoms with van der Waals surface area (Å²) in [6, 6.07) is 15.4. The fourth-order valence-electron chi connectivity index (χ4n) is 4.45. The normalized spacial score (nSPS) is 18.2. The molecule has 1 aromatic heterocycles. The van der Waals surface area contributed by atoms with Crippen LogP contribution < -0.4 is 20.3 Å². The van der Waals surface area contributed by atoms with E-state index in [1.54, 1.807) is 38.1 Å². The van der Waals surface area contributed by atoms with E-state index in [9.17, 15) is 4.79 Å². The molecule has 3 aromatic rings. The number of rotatable bonds is 8. The highest BCUT2D eigenvalue weighted by Gasteiger charge is 2.31. The van der Waals surface area contributed by atoms with Crippen LogP contribution in [0.5, 0.6) is 5.75 Å². The van der Waals surface area contributed by atoms with E-state index >= 15 is 0 Å². The summed E-state index contributed by atoms with van der Waals surface area (Å²) in [7, 11) is 4.00. The number of fused-ring (bicyclic) bond motifs is 1. The Hall–Kier alpha value is -3.06. The Labute approximate surface area is 212 Å². The summed E-state index contributed by atoms with van der Waals surface area (Å²) >= 11 is 5.93. The van der Waals surface area contributed by atoms with E-state index in [0.717, 1.165) is 42.4 Å². The van der Waals surface area contributed by atoms with Gasteiger partial charge in [0.05, 0.1) is 5.52 Å². The first-order chi connectivity index (χ1) is 16.7. The van der Waals surface area contributed by atoms with Crippen molar-refractivity contribution < 1.29 is 9.53 Å². The molecule has 7 nitrogen and oxygen atoms in total. The van der Waals surface area contributed by atoms with Crippen LogP contribution in [0.2, 0.25) is 5.02 Å². The molecule has 35 heavy (non-hydrogen) atoms. The third-order valence-corrected chi connectivity index (χ3v) is 6.72. The summed E-state index contributed by atoms with van der Waals surface area (Å²) in [6.07, 6.45) is 4.09. The third-order valence-electron chi connectivity index (χ3n) is 6.47. The van der Waals surface area contributed by atoms with Gasteiger partial charge in [-0.3, -0.25) is 4.79 Å². The van der Waals surface area contributed by atoms with Gasteiger partial charge >= 0.3 is 0 Å². The second kappa shape index (κ2) is 10.7. The van der Waals surface area contributed by atoms with Gasteiger partial charge in [-0.05, 0) is 81.8 Å². The number of anilines is 2. The molecule has 1 fully saturated rings. The molecule has 0 saturated heterocycles. The first-order valence-electron chi connectivity index (χ1n) is 12.1. The number of hydrogen-bond donors (Lipinski definition) is 2. The maximum atomic E-state index is 12.8. The van der Waals surface area contributed by atoms with Gasteiger partial charge in [-0.1, -0.05) is 23.7 Å². The molecule has 8 heteroatoms. The SMILES string of the molecule is CN(C)c1nc(NC2CCC(CNC(=O)C(C)(C)Oc3ccc(Cl)cc3)CC2)nc2ccccc12. The van der Waals surface area contributed by atoms with Crippen LogP contribution in [0.4, 0.5) is 11.8 Å². The van der Waals surface area contributed by atoms with Crippen LogP contribution in [0.25, 0.3) is 10.9 Å². The van der Waals surface area contributed by atoms with Gasteiger partial charge in [0.25, 0.3) is 5.91 Å². The number of halogens is 1. The van der Waals surface area contributed by atoms with Crippen LogP contribution in [0.3, 0.4) is 0 Å². The lowest BCUT2D eigenvalue weighted by Crippen LogP contribution is -2.48. The van der Waals surface area contributed by atoms with Crippen LogP contribution in [-0.2, 0) is 4.79 Å². The minimum absolute atomic E-state index is 0.117. The van der Waals surface area contributed by atoms with E-state index in [0.29, 0.717) is 35.2 Å². The molecule has 0 bridgehead atoms.